The van der Waals surface area contributed by atoms with Gasteiger partial charge >= 0.3 is 0 Å². The Bertz CT molecular complexity index is 2540. The average molecular weight is 655 g/mol. The highest BCUT2D eigenvalue weighted by atomic mass is 16.3. The van der Waals surface area contributed by atoms with Crippen LogP contribution in [-0.4, -0.2) is 0 Å². The van der Waals surface area contributed by atoms with Gasteiger partial charge < -0.3 is 14.2 Å². The van der Waals surface area contributed by atoms with Gasteiger partial charge in [-0.05, 0) is 89.0 Å². The molecule has 242 valence electrons. The molecular weight excluding hydrogens is 621 g/mol. The summed E-state index contributed by atoms with van der Waals surface area (Å²) in [5.41, 5.74) is 12.7. The molecule has 0 aliphatic rings. The summed E-state index contributed by atoms with van der Waals surface area (Å²) in [5, 5.41) is 2.16. The summed E-state index contributed by atoms with van der Waals surface area (Å²) < 4.78 is 6.87. The Labute approximate surface area is 297 Å². The van der Waals surface area contributed by atoms with E-state index >= 15 is 0 Å². The molecule has 0 spiro atoms. The van der Waals surface area contributed by atoms with E-state index in [-0.39, 0.29) is 0 Å². The number of furan rings is 1. The van der Waals surface area contributed by atoms with Crippen molar-refractivity contribution in [3.8, 4) is 22.3 Å². The van der Waals surface area contributed by atoms with Gasteiger partial charge in [-0.3, -0.25) is 0 Å². The first-order valence-electron chi connectivity index (χ1n) is 17.3. The van der Waals surface area contributed by atoms with Gasteiger partial charge in [-0.1, -0.05) is 133 Å². The molecule has 3 nitrogen and oxygen atoms in total. The fraction of sp³-hybridized carbons (Fsp3) is 0. The summed E-state index contributed by atoms with van der Waals surface area (Å²) in [4.78, 5) is 4.57. The van der Waals surface area contributed by atoms with Crippen molar-refractivity contribution in [1.29, 1.82) is 0 Å². The molecular formula is C48H34N2O. The maximum Gasteiger partial charge on any atom is 0.159 e. The number of fused-ring (bicyclic) bond motifs is 3. The minimum absolute atomic E-state index is 0.837. The highest BCUT2D eigenvalue weighted by molar-refractivity contribution is 6.11. The van der Waals surface area contributed by atoms with E-state index in [2.05, 4.69) is 216 Å². The second-order valence-corrected chi connectivity index (χ2v) is 12.6. The highest BCUT2D eigenvalue weighted by Gasteiger charge is 2.21. The van der Waals surface area contributed by atoms with Crippen LogP contribution >= 0.6 is 0 Å². The summed E-state index contributed by atoms with van der Waals surface area (Å²) in [7, 11) is 0. The van der Waals surface area contributed by atoms with Crippen molar-refractivity contribution in [3.63, 3.8) is 0 Å². The Kier molecular flexibility index (Phi) is 7.84. The lowest BCUT2D eigenvalue weighted by Crippen LogP contribution is -2.10. The number of hydrogen-bond donors (Lipinski definition) is 0. The summed E-state index contributed by atoms with van der Waals surface area (Å²) in [6.45, 7) is 0. The van der Waals surface area contributed by atoms with E-state index in [4.69, 9.17) is 4.42 Å². The molecule has 0 saturated heterocycles. The van der Waals surface area contributed by atoms with Gasteiger partial charge in [-0.15, -0.1) is 0 Å². The standard InChI is InChI=1S/C48H34N2O/c1-5-14-35(15-6-1)37-24-28-41(29-25-37)49(39-18-9-3-10-19-39)43-32-33-44-45-22-13-23-46(48(45)51-47(44)34-43)50(40-20-11-4-12-21-40)42-30-26-38(27-31-42)36-16-7-2-8-17-36/h1-34H. The van der Waals surface area contributed by atoms with Crippen LogP contribution in [0.3, 0.4) is 0 Å². The van der Waals surface area contributed by atoms with Crippen molar-refractivity contribution in [3.05, 3.63) is 206 Å². The molecule has 1 aromatic heterocycles. The molecule has 0 bridgehead atoms. The molecule has 9 aromatic rings. The molecule has 0 aliphatic carbocycles. The van der Waals surface area contributed by atoms with Gasteiger partial charge in [-0.2, -0.15) is 0 Å². The van der Waals surface area contributed by atoms with Crippen LogP contribution in [0.25, 0.3) is 44.2 Å². The molecule has 3 heteroatoms. The highest BCUT2D eigenvalue weighted by Crippen LogP contribution is 2.44. The van der Waals surface area contributed by atoms with E-state index in [0.717, 1.165) is 56.1 Å². The Morgan fingerprint density at radius 1 is 0.294 bits per heavy atom. The summed E-state index contributed by atoms with van der Waals surface area (Å²) in [6, 6.07) is 72.5. The quantitative estimate of drug-likeness (QED) is 0.163. The lowest BCUT2D eigenvalue weighted by molar-refractivity contribution is 0.669. The van der Waals surface area contributed by atoms with Crippen LogP contribution in [0.15, 0.2) is 211 Å². The van der Waals surface area contributed by atoms with E-state index in [1.54, 1.807) is 0 Å². The van der Waals surface area contributed by atoms with E-state index < -0.39 is 0 Å². The number of nitrogens with zero attached hydrogens (tertiary/aromatic N) is 2. The predicted octanol–water partition coefficient (Wildman–Crippen LogP) is 13.9. The van der Waals surface area contributed by atoms with Gasteiger partial charge in [0.2, 0.25) is 0 Å². The molecule has 0 fully saturated rings. The zero-order valence-electron chi connectivity index (χ0n) is 27.9. The SMILES string of the molecule is c1ccc(-c2ccc(N(c3ccccc3)c3ccc4c(c3)oc3c(N(c5ccccc5)c5ccc(-c6ccccc6)cc5)cccc34)cc2)cc1. The molecule has 0 atom stereocenters. The number of rotatable bonds is 8. The van der Waals surface area contributed by atoms with Crippen molar-refractivity contribution >= 4 is 56.1 Å². The van der Waals surface area contributed by atoms with Crippen LogP contribution in [-0.2, 0) is 0 Å². The molecule has 9 rings (SSSR count). The van der Waals surface area contributed by atoms with Crippen molar-refractivity contribution in [2.45, 2.75) is 0 Å². The topological polar surface area (TPSA) is 19.6 Å². The second kappa shape index (κ2) is 13.2. The molecule has 51 heavy (non-hydrogen) atoms. The molecule has 0 radical (unpaired) electrons. The minimum Gasteiger partial charge on any atom is -0.454 e. The zero-order valence-corrected chi connectivity index (χ0v) is 27.9. The van der Waals surface area contributed by atoms with Crippen LogP contribution < -0.4 is 9.80 Å². The third kappa shape index (κ3) is 5.81. The monoisotopic (exact) mass is 654 g/mol. The van der Waals surface area contributed by atoms with Crippen LogP contribution in [0.4, 0.5) is 34.1 Å². The average Bonchev–Trinajstić information content (AvgIpc) is 3.59. The number of benzene rings is 8. The van der Waals surface area contributed by atoms with Crippen molar-refractivity contribution in [1.82, 2.24) is 0 Å². The number of hydrogen-bond acceptors (Lipinski definition) is 3. The fourth-order valence-corrected chi connectivity index (χ4v) is 6.98. The van der Waals surface area contributed by atoms with E-state index in [9.17, 15) is 0 Å². The summed E-state index contributed by atoms with van der Waals surface area (Å²) >= 11 is 0. The van der Waals surface area contributed by atoms with E-state index in [1.165, 1.54) is 22.3 Å². The van der Waals surface area contributed by atoms with Crippen LogP contribution in [0.1, 0.15) is 0 Å². The Balaban J connectivity index is 1.15. The third-order valence-electron chi connectivity index (χ3n) is 9.45. The number of anilines is 6. The van der Waals surface area contributed by atoms with Gasteiger partial charge in [0.25, 0.3) is 0 Å². The molecule has 0 amide bonds. The lowest BCUT2D eigenvalue weighted by atomic mass is 10.0. The molecule has 0 aliphatic heterocycles. The van der Waals surface area contributed by atoms with Crippen molar-refractivity contribution in [2.24, 2.45) is 0 Å². The summed E-state index contributed by atoms with van der Waals surface area (Å²) in [6.07, 6.45) is 0. The van der Waals surface area contributed by atoms with Gasteiger partial charge in [0.1, 0.15) is 5.58 Å². The van der Waals surface area contributed by atoms with Crippen LogP contribution in [0, 0.1) is 0 Å². The van der Waals surface area contributed by atoms with E-state index in [1.807, 2.05) is 0 Å². The normalized spacial score (nSPS) is 11.1. The third-order valence-corrected chi connectivity index (χ3v) is 9.45. The molecule has 8 aromatic carbocycles. The maximum absolute atomic E-state index is 6.87. The first-order valence-corrected chi connectivity index (χ1v) is 17.3. The summed E-state index contributed by atoms with van der Waals surface area (Å²) in [5.74, 6) is 0. The minimum atomic E-state index is 0.837. The van der Waals surface area contributed by atoms with E-state index in [0.29, 0.717) is 0 Å². The van der Waals surface area contributed by atoms with Gasteiger partial charge in [0, 0.05) is 45.3 Å². The smallest absolute Gasteiger partial charge is 0.159 e. The molecule has 0 N–H and O–H groups in total. The van der Waals surface area contributed by atoms with Crippen molar-refractivity contribution in [2.75, 3.05) is 9.80 Å². The second-order valence-electron chi connectivity index (χ2n) is 12.6. The zero-order chi connectivity index (χ0) is 34.0. The first-order chi connectivity index (χ1) is 25.3. The fourth-order valence-electron chi connectivity index (χ4n) is 6.98. The Morgan fingerprint density at radius 3 is 1.27 bits per heavy atom. The van der Waals surface area contributed by atoms with Crippen molar-refractivity contribution < 1.29 is 4.42 Å². The Hall–Kier alpha value is -6.84. The maximum atomic E-state index is 6.87. The molecule has 0 saturated carbocycles. The lowest BCUT2D eigenvalue weighted by Gasteiger charge is -2.25. The van der Waals surface area contributed by atoms with Gasteiger partial charge in [0.15, 0.2) is 5.58 Å². The largest absolute Gasteiger partial charge is 0.454 e. The Morgan fingerprint density at radius 2 is 0.725 bits per heavy atom. The van der Waals surface area contributed by atoms with Gasteiger partial charge in [-0.25, -0.2) is 0 Å². The van der Waals surface area contributed by atoms with Crippen LogP contribution in [0.2, 0.25) is 0 Å². The van der Waals surface area contributed by atoms with Gasteiger partial charge in [0.05, 0.1) is 5.69 Å². The number of para-hydroxylation sites is 3. The predicted molar refractivity (Wildman–Crippen MR) is 214 cm³/mol. The first kappa shape index (κ1) is 30.2. The molecule has 1 heterocycles. The van der Waals surface area contributed by atoms with Crippen LogP contribution in [0.5, 0.6) is 0 Å². The molecule has 0 unspecified atom stereocenters.